The summed E-state index contributed by atoms with van der Waals surface area (Å²) in [5, 5.41) is 2.78. The van der Waals surface area contributed by atoms with Crippen LogP contribution in [0.2, 0.25) is 0 Å². The molecule has 1 N–H and O–H groups in total. The summed E-state index contributed by atoms with van der Waals surface area (Å²) in [5.74, 6) is -0.976. The maximum atomic E-state index is 13.1. The van der Waals surface area contributed by atoms with Crippen LogP contribution >= 0.6 is 11.3 Å². The Morgan fingerprint density at radius 3 is 2.48 bits per heavy atom. The molecule has 2 heterocycles. The molecule has 3 aromatic rings. The molecule has 0 spiro atoms. The number of thiazole rings is 1. The molecular formula is C21H20N4O3S. The summed E-state index contributed by atoms with van der Waals surface area (Å²) in [6.07, 6.45) is 0.384. The van der Waals surface area contributed by atoms with Crippen LogP contribution in [-0.2, 0) is 22.2 Å². The second-order valence-corrected chi connectivity index (χ2v) is 7.87. The number of rotatable bonds is 4. The summed E-state index contributed by atoms with van der Waals surface area (Å²) >= 11 is 1.38. The molecule has 0 bridgehead atoms. The second-order valence-electron chi connectivity index (χ2n) is 6.86. The van der Waals surface area contributed by atoms with Gasteiger partial charge >= 0.3 is 6.03 Å². The van der Waals surface area contributed by atoms with Crippen molar-refractivity contribution in [3.63, 3.8) is 0 Å². The van der Waals surface area contributed by atoms with Gasteiger partial charge in [0, 0.05) is 7.05 Å². The van der Waals surface area contributed by atoms with Gasteiger partial charge in [-0.15, -0.1) is 0 Å². The van der Waals surface area contributed by atoms with Crippen molar-refractivity contribution < 1.29 is 14.4 Å². The minimum Gasteiger partial charge on any atom is -0.319 e. The Balaban J connectivity index is 1.62. The zero-order chi connectivity index (χ0) is 20.6. The molecule has 1 atom stereocenters. The Morgan fingerprint density at radius 2 is 1.79 bits per heavy atom. The molecule has 4 rings (SSSR count). The van der Waals surface area contributed by atoms with Crippen molar-refractivity contribution in [2.24, 2.45) is 12.0 Å². The smallest absolute Gasteiger partial charge is 0.319 e. The minimum atomic E-state index is -1.15. The van der Waals surface area contributed by atoms with Crippen molar-refractivity contribution in [1.82, 2.24) is 14.8 Å². The summed E-state index contributed by atoms with van der Waals surface area (Å²) in [5.41, 5.74) is 0.512. The second kappa shape index (κ2) is 7.29. The number of amides is 4. The number of urea groups is 1. The fourth-order valence-corrected chi connectivity index (χ4v) is 4.63. The zero-order valence-corrected chi connectivity index (χ0v) is 16.9. The Bertz CT molecular complexity index is 1180. The summed E-state index contributed by atoms with van der Waals surface area (Å²) in [6, 6.07) is 16.2. The molecule has 148 valence electrons. The highest BCUT2D eigenvalue weighted by atomic mass is 32.1. The monoisotopic (exact) mass is 408 g/mol. The fourth-order valence-electron chi connectivity index (χ4n) is 3.60. The molecule has 0 saturated carbocycles. The average molecular weight is 408 g/mol. The van der Waals surface area contributed by atoms with E-state index in [4.69, 9.17) is 0 Å². The van der Waals surface area contributed by atoms with Crippen molar-refractivity contribution in [2.75, 3.05) is 6.54 Å². The van der Waals surface area contributed by atoms with Crippen LogP contribution in [0.15, 0.2) is 59.6 Å². The highest BCUT2D eigenvalue weighted by molar-refractivity contribution is 7.16. The van der Waals surface area contributed by atoms with E-state index in [9.17, 15) is 14.4 Å². The van der Waals surface area contributed by atoms with E-state index in [-0.39, 0.29) is 0 Å². The standard InChI is InChI=1S/C21H20N4O3S/c1-3-21(14-9-5-4-6-10-14)18(27)25(19(28)23-21)13-17(26)22-20-24(2)15-11-7-8-12-16(15)29-20/h4-12H,3,13H2,1-2H3,(H,23,28). The summed E-state index contributed by atoms with van der Waals surface area (Å²) in [4.78, 5) is 43.8. The molecular weight excluding hydrogens is 388 g/mol. The van der Waals surface area contributed by atoms with Crippen LogP contribution in [0, 0.1) is 0 Å². The van der Waals surface area contributed by atoms with Crippen LogP contribution in [0.5, 0.6) is 0 Å². The van der Waals surface area contributed by atoms with Gasteiger partial charge < -0.3 is 9.88 Å². The average Bonchev–Trinajstić information content (AvgIpc) is 3.18. The van der Waals surface area contributed by atoms with Crippen LogP contribution in [0.4, 0.5) is 4.79 Å². The SMILES string of the molecule is CCC1(c2ccccc2)NC(=O)N(CC(=O)N=c2sc3ccccc3n2C)C1=O. The van der Waals surface area contributed by atoms with E-state index in [1.165, 1.54) is 11.3 Å². The van der Waals surface area contributed by atoms with E-state index in [0.717, 1.165) is 15.1 Å². The van der Waals surface area contributed by atoms with E-state index < -0.39 is 29.9 Å². The third-order valence-electron chi connectivity index (χ3n) is 5.20. The Morgan fingerprint density at radius 1 is 1.10 bits per heavy atom. The summed E-state index contributed by atoms with van der Waals surface area (Å²) in [7, 11) is 1.83. The van der Waals surface area contributed by atoms with Crippen LogP contribution in [0.25, 0.3) is 10.2 Å². The molecule has 1 fully saturated rings. The lowest BCUT2D eigenvalue weighted by atomic mass is 9.87. The first-order chi connectivity index (χ1) is 14.0. The lowest BCUT2D eigenvalue weighted by molar-refractivity contribution is -0.134. The number of nitrogens with zero attached hydrogens (tertiary/aromatic N) is 3. The van der Waals surface area contributed by atoms with Gasteiger partial charge in [-0.1, -0.05) is 60.7 Å². The lowest BCUT2D eigenvalue weighted by Gasteiger charge is -2.25. The molecule has 8 heteroatoms. The lowest BCUT2D eigenvalue weighted by Crippen LogP contribution is -2.43. The molecule has 1 saturated heterocycles. The number of benzene rings is 2. The predicted octanol–water partition coefficient (Wildman–Crippen LogP) is 2.52. The number of para-hydroxylation sites is 1. The number of fused-ring (bicyclic) bond motifs is 1. The van der Waals surface area contributed by atoms with E-state index in [1.807, 2.05) is 61.0 Å². The number of nitrogens with one attached hydrogen (secondary N) is 1. The molecule has 1 unspecified atom stereocenters. The first kappa shape index (κ1) is 19.1. The van der Waals surface area contributed by atoms with Gasteiger partial charge in [0.15, 0.2) is 4.80 Å². The quantitative estimate of drug-likeness (QED) is 0.674. The Labute approximate surface area is 171 Å². The van der Waals surface area contributed by atoms with Gasteiger partial charge in [0.2, 0.25) is 0 Å². The van der Waals surface area contributed by atoms with Gasteiger partial charge in [0.05, 0.1) is 10.2 Å². The first-order valence-electron chi connectivity index (χ1n) is 9.28. The molecule has 1 aliphatic heterocycles. The topological polar surface area (TPSA) is 83.8 Å². The maximum Gasteiger partial charge on any atom is 0.325 e. The molecule has 29 heavy (non-hydrogen) atoms. The number of carbonyl (C=O) groups excluding carboxylic acids is 3. The zero-order valence-electron chi connectivity index (χ0n) is 16.1. The molecule has 2 aromatic carbocycles. The third-order valence-corrected chi connectivity index (χ3v) is 6.31. The van der Waals surface area contributed by atoms with Crippen molar-refractivity contribution >= 4 is 39.4 Å². The van der Waals surface area contributed by atoms with E-state index >= 15 is 0 Å². The number of aryl methyl sites for hydroxylation is 1. The summed E-state index contributed by atoms with van der Waals surface area (Å²) in [6.45, 7) is 1.44. The van der Waals surface area contributed by atoms with Gasteiger partial charge in [-0.25, -0.2) is 4.79 Å². The Kier molecular flexibility index (Phi) is 4.79. The predicted molar refractivity (Wildman–Crippen MR) is 110 cm³/mol. The van der Waals surface area contributed by atoms with Gasteiger partial charge in [-0.2, -0.15) is 4.99 Å². The normalized spacial score (nSPS) is 19.8. The van der Waals surface area contributed by atoms with Gasteiger partial charge in [0.1, 0.15) is 12.1 Å². The number of aromatic nitrogens is 1. The molecule has 1 aliphatic rings. The third kappa shape index (κ3) is 3.15. The first-order valence-corrected chi connectivity index (χ1v) is 10.1. The van der Waals surface area contributed by atoms with E-state index in [1.54, 1.807) is 12.1 Å². The van der Waals surface area contributed by atoms with Crippen molar-refractivity contribution in [2.45, 2.75) is 18.9 Å². The summed E-state index contributed by atoms with van der Waals surface area (Å²) < 4.78 is 2.83. The molecule has 7 nitrogen and oxygen atoms in total. The minimum absolute atomic E-state index is 0.384. The molecule has 0 radical (unpaired) electrons. The van der Waals surface area contributed by atoms with E-state index in [2.05, 4.69) is 10.3 Å². The van der Waals surface area contributed by atoms with E-state index in [0.29, 0.717) is 16.8 Å². The molecule has 0 aliphatic carbocycles. The largest absolute Gasteiger partial charge is 0.325 e. The number of hydrogen-bond donors (Lipinski definition) is 1. The van der Waals surface area contributed by atoms with Crippen LogP contribution in [0.3, 0.4) is 0 Å². The maximum absolute atomic E-state index is 13.1. The van der Waals surface area contributed by atoms with Gasteiger partial charge in [-0.05, 0) is 24.1 Å². The fraction of sp³-hybridized carbons (Fsp3) is 0.238. The van der Waals surface area contributed by atoms with Gasteiger partial charge in [0.25, 0.3) is 11.8 Å². The number of imide groups is 1. The molecule has 4 amide bonds. The van der Waals surface area contributed by atoms with Crippen LogP contribution in [-0.4, -0.2) is 33.9 Å². The number of carbonyl (C=O) groups is 3. The number of hydrogen-bond acceptors (Lipinski definition) is 4. The highest BCUT2D eigenvalue weighted by Crippen LogP contribution is 2.32. The van der Waals surface area contributed by atoms with Crippen molar-refractivity contribution in [1.29, 1.82) is 0 Å². The van der Waals surface area contributed by atoms with Gasteiger partial charge in [-0.3, -0.25) is 14.5 Å². The van der Waals surface area contributed by atoms with Crippen LogP contribution in [0.1, 0.15) is 18.9 Å². The van der Waals surface area contributed by atoms with Crippen molar-refractivity contribution in [3.8, 4) is 0 Å². The highest BCUT2D eigenvalue weighted by Gasteiger charge is 2.51. The Hall–Kier alpha value is -3.26. The van der Waals surface area contributed by atoms with Crippen LogP contribution < -0.4 is 10.1 Å². The molecule has 1 aromatic heterocycles. The van der Waals surface area contributed by atoms with Crippen molar-refractivity contribution in [3.05, 3.63) is 65.0 Å².